The summed E-state index contributed by atoms with van der Waals surface area (Å²) in [6.07, 6.45) is 2.66. The monoisotopic (exact) mass is 268 g/mol. The summed E-state index contributed by atoms with van der Waals surface area (Å²) in [7, 11) is 0. The van der Waals surface area contributed by atoms with Crippen LogP contribution in [0.5, 0.6) is 0 Å². The van der Waals surface area contributed by atoms with Crippen LogP contribution in [0.15, 0.2) is 0 Å². The zero-order chi connectivity index (χ0) is 15.6. The zero-order valence-electron chi connectivity index (χ0n) is 15.6. The van der Waals surface area contributed by atoms with E-state index in [4.69, 9.17) is 0 Å². The highest BCUT2D eigenvalue weighted by Crippen LogP contribution is 2.46. The minimum Gasteiger partial charge on any atom is -0.0625 e. The second-order valence-electron chi connectivity index (χ2n) is 10.1. The molecule has 0 N–H and O–H groups in total. The van der Waals surface area contributed by atoms with Gasteiger partial charge >= 0.3 is 0 Å². The van der Waals surface area contributed by atoms with E-state index in [0.29, 0.717) is 16.2 Å². The molecule has 2 atom stereocenters. The van der Waals surface area contributed by atoms with Gasteiger partial charge in [0.05, 0.1) is 0 Å². The molecule has 0 aliphatic carbocycles. The molecular weight excluding hydrogens is 228 g/mol. The zero-order valence-corrected chi connectivity index (χ0v) is 15.6. The first-order valence-corrected chi connectivity index (χ1v) is 8.17. The summed E-state index contributed by atoms with van der Waals surface area (Å²) >= 11 is 0. The van der Waals surface area contributed by atoms with Crippen molar-refractivity contribution in [1.29, 1.82) is 0 Å². The highest BCUT2D eigenvalue weighted by Gasteiger charge is 2.36. The maximum absolute atomic E-state index is 2.47. The Morgan fingerprint density at radius 3 is 1.37 bits per heavy atom. The highest BCUT2D eigenvalue weighted by molar-refractivity contribution is 4.87. The third kappa shape index (κ3) is 6.82. The van der Waals surface area contributed by atoms with Crippen LogP contribution in [0.1, 0.15) is 89.0 Å². The normalized spacial score (nSPS) is 17.7. The van der Waals surface area contributed by atoms with Crippen molar-refractivity contribution in [2.24, 2.45) is 34.0 Å². The summed E-state index contributed by atoms with van der Waals surface area (Å²) in [5, 5.41) is 0. The quantitative estimate of drug-likeness (QED) is 0.514. The molecule has 0 aliphatic heterocycles. The Morgan fingerprint density at radius 2 is 1.11 bits per heavy atom. The molecule has 0 saturated heterocycles. The lowest BCUT2D eigenvalue weighted by Crippen LogP contribution is -2.34. The maximum atomic E-state index is 2.47. The largest absolute Gasteiger partial charge is 0.0625 e. The molecular formula is C19H40. The maximum Gasteiger partial charge on any atom is -0.0323 e. The van der Waals surface area contributed by atoms with Crippen LogP contribution >= 0.6 is 0 Å². The molecule has 0 saturated carbocycles. The van der Waals surface area contributed by atoms with Crippen LogP contribution in [-0.2, 0) is 0 Å². The lowest BCUT2D eigenvalue weighted by atomic mass is 9.62. The highest BCUT2D eigenvalue weighted by atomic mass is 14.4. The van der Waals surface area contributed by atoms with E-state index in [2.05, 4.69) is 76.2 Å². The van der Waals surface area contributed by atoms with Crippen LogP contribution in [0.25, 0.3) is 0 Å². The third-order valence-corrected chi connectivity index (χ3v) is 5.09. The Kier molecular flexibility index (Phi) is 6.19. The van der Waals surface area contributed by atoms with Crippen molar-refractivity contribution >= 4 is 0 Å². The van der Waals surface area contributed by atoms with Gasteiger partial charge in [0.15, 0.2) is 0 Å². The van der Waals surface area contributed by atoms with Gasteiger partial charge in [-0.1, -0.05) is 76.2 Å². The van der Waals surface area contributed by atoms with Crippen LogP contribution < -0.4 is 0 Å². The van der Waals surface area contributed by atoms with E-state index in [-0.39, 0.29) is 0 Å². The molecule has 0 heterocycles. The molecule has 0 spiro atoms. The third-order valence-electron chi connectivity index (χ3n) is 5.09. The van der Waals surface area contributed by atoms with E-state index < -0.39 is 0 Å². The van der Waals surface area contributed by atoms with E-state index in [1.54, 1.807) is 0 Å². The second-order valence-corrected chi connectivity index (χ2v) is 10.1. The first-order chi connectivity index (χ1) is 8.17. The van der Waals surface area contributed by atoms with Crippen molar-refractivity contribution in [3.63, 3.8) is 0 Å². The van der Waals surface area contributed by atoms with Gasteiger partial charge in [-0.05, 0) is 46.8 Å². The molecule has 0 bridgehead atoms. The average Bonchev–Trinajstić information content (AvgIpc) is 2.11. The van der Waals surface area contributed by atoms with Gasteiger partial charge in [0.1, 0.15) is 0 Å². The van der Waals surface area contributed by atoms with Gasteiger partial charge in [-0.15, -0.1) is 0 Å². The van der Waals surface area contributed by atoms with Crippen molar-refractivity contribution < 1.29 is 0 Å². The molecule has 2 unspecified atom stereocenters. The van der Waals surface area contributed by atoms with Gasteiger partial charge in [0, 0.05) is 0 Å². The summed E-state index contributed by atoms with van der Waals surface area (Å²) in [5.74, 6) is 2.34. The van der Waals surface area contributed by atoms with Crippen LogP contribution in [0.2, 0.25) is 0 Å². The topological polar surface area (TPSA) is 0 Å². The lowest BCUT2D eigenvalue weighted by molar-refractivity contribution is 0.0647. The fraction of sp³-hybridized carbons (Fsp3) is 1.00. The molecule has 116 valence electrons. The van der Waals surface area contributed by atoms with Gasteiger partial charge in [0.25, 0.3) is 0 Å². The first kappa shape index (κ1) is 19.0. The lowest BCUT2D eigenvalue weighted by Gasteiger charge is -2.43. The Hall–Kier alpha value is 0. The van der Waals surface area contributed by atoms with Crippen molar-refractivity contribution in [1.82, 2.24) is 0 Å². The molecule has 0 fully saturated rings. The average molecular weight is 269 g/mol. The van der Waals surface area contributed by atoms with E-state index >= 15 is 0 Å². The first-order valence-electron chi connectivity index (χ1n) is 8.17. The molecule has 0 heteroatoms. The molecule has 0 aromatic rings. The second kappa shape index (κ2) is 6.19. The fourth-order valence-electron chi connectivity index (χ4n) is 3.15. The van der Waals surface area contributed by atoms with E-state index in [0.717, 1.165) is 17.8 Å². The summed E-state index contributed by atoms with van der Waals surface area (Å²) in [4.78, 5) is 0. The summed E-state index contributed by atoms with van der Waals surface area (Å²) in [5.41, 5.74) is 1.26. The van der Waals surface area contributed by atoms with Crippen LogP contribution in [0.4, 0.5) is 0 Å². The van der Waals surface area contributed by atoms with Crippen molar-refractivity contribution in [2.75, 3.05) is 0 Å². The molecule has 0 aromatic carbocycles. The summed E-state index contributed by atoms with van der Waals surface area (Å²) < 4.78 is 0. The van der Waals surface area contributed by atoms with E-state index in [1.165, 1.54) is 12.8 Å². The molecule has 0 aliphatic rings. The minimum atomic E-state index is 0.404. The van der Waals surface area contributed by atoms with Gasteiger partial charge in [-0.25, -0.2) is 0 Å². The van der Waals surface area contributed by atoms with Gasteiger partial charge in [-0.2, -0.15) is 0 Å². The van der Waals surface area contributed by atoms with Crippen molar-refractivity contribution in [3.8, 4) is 0 Å². The number of hydrogen-bond donors (Lipinski definition) is 0. The Morgan fingerprint density at radius 1 is 0.684 bits per heavy atom. The molecule has 0 radical (unpaired) electrons. The smallest absolute Gasteiger partial charge is 0.0323 e. The SMILES string of the molecule is CC(C)C(C)C(C)(C)CC(CC(C)(C)C)C(C)(C)C. The molecule has 0 nitrogen and oxygen atoms in total. The number of rotatable bonds is 5. The molecule has 0 amide bonds. The minimum absolute atomic E-state index is 0.404. The van der Waals surface area contributed by atoms with Crippen molar-refractivity contribution in [2.45, 2.75) is 89.0 Å². The van der Waals surface area contributed by atoms with Gasteiger partial charge in [-0.3, -0.25) is 0 Å². The predicted molar refractivity (Wildman–Crippen MR) is 89.4 cm³/mol. The Bertz CT molecular complexity index is 257. The fourth-order valence-corrected chi connectivity index (χ4v) is 3.15. The Balaban J connectivity index is 5.02. The van der Waals surface area contributed by atoms with E-state index in [9.17, 15) is 0 Å². The predicted octanol–water partition coefficient (Wildman–Crippen LogP) is 6.79. The summed E-state index contributed by atoms with van der Waals surface area (Å²) in [6.45, 7) is 26.5. The van der Waals surface area contributed by atoms with Crippen LogP contribution in [0.3, 0.4) is 0 Å². The Labute approximate surface area is 123 Å². The van der Waals surface area contributed by atoms with Crippen LogP contribution in [-0.4, -0.2) is 0 Å². The standard InChI is InChI=1S/C19H40/c1-14(2)15(3)19(10,11)13-16(18(7,8)9)12-17(4,5)6/h14-16H,12-13H2,1-11H3. The van der Waals surface area contributed by atoms with E-state index in [1.807, 2.05) is 0 Å². The van der Waals surface area contributed by atoms with Gasteiger partial charge < -0.3 is 0 Å². The molecule has 0 rings (SSSR count). The molecule has 0 aromatic heterocycles. The van der Waals surface area contributed by atoms with Gasteiger partial charge in [0.2, 0.25) is 0 Å². The number of hydrogen-bond acceptors (Lipinski definition) is 0. The van der Waals surface area contributed by atoms with Crippen LogP contribution in [0, 0.1) is 34.0 Å². The summed E-state index contributed by atoms with van der Waals surface area (Å²) in [6, 6.07) is 0. The van der Waals surface area contributed by atoms with Crippen molar-refractivity contribution in [3.05, 3.63) is 0 Å². The molecule has 19 heavy (non-hydrogen) atoms.